The van der Waals surface area contributed by atoms with E-state index in [4.69, 9.17) is 0 Å². The van der Waals surface area contributed by atoms with Gasteiger partial charge in [-0.2, -0.15) is 0 Å². The second-order valence-electron chi connectivity index (χ2n) is 6.03. The molecule has 0 heterocycles. The highest BCUT2D eigenvalue weighted by Crippen LogP contribution is 2.23. The molecule has 0 saturated heterocycles. The summed E-state index contributed by atoms with van der Waals surface area (Å²) < 4.78 is 0. The molecule has 22 heavy (non-hydrogen) atoms. The standard InChI is InChI=1S/C17H27N3O2/c1-6-7-16(21)19-13-8-9-15(20(4)5)14(10-13)17(22)18-11-12(2)3/h8-10,12H,6-7,11H2,1-5H3,(H,18,22)(H,19,21). The van der Waals surface area contributed by atoms with Gasteiger partial charge >= 0.3 is 0 Å². The second kappa shape index (κ2) is 8.41. The zero-order chi connectivity index (χ0) is 16.7. The van der Waals surface area contributed by atoms with Gasteiger partial charge in [-0.05, 0) is 30.5 Å². The molecule has 1 aromatic rings. The van der Waals surface area contributed by atoms with Crippen LogP contribution < -0.4 is 15.5 Å². The number of rotatable bonds is 7. The monoisotopic (exact) mass is 305 g/mol. The molecule has 0 aromatic heterocycles. The Morgan fingerprint density at radius 2 is 1.91 bits per heavy atom. The lowest BCUT2D eigenvalue weighted by Crippen LogP contribution is -2.29. The van der Waals surface area contributed by atoms with Gasteiger partial charge in [-0.25, -0.2) is 0 Å². The van der Waals surface area contributed by atoms with Crippen molar-refractivity contribution in [1.82, 2.24) is 5.32 Å². The maximum Gasteiger partial charge on any atom is 0.253 e. The largest absolute Gasteiger partial charge is 0.377 e. The van der Waals surface area contributed by atoms with Gasteiger partial charge in [0.15, 0.2) is 0 Å². The van der Waals surface area contributed by atoms with Crippen LogP contribution in [0.25, 0.3) is 0 Å². The highest BCUT2D eigenvalue weighted by atomic mass is 16.2. The molecule has 0 aliphatic carbocycles. The van der Waals surface area contributed by atoms with Gasteiger partial charge in [-0.1, -0.05) is 20.8 Å². The van der Waals surface area contributed by atoms with Crippen molar-refractivity contribution in [2.45, 2.75) is 33.6 Å². The van der Waals surface area contributed by atoms with E-state index >= 15 is 0 Å². The van der Waals surface area contributed by atoms with E-state index in [0.717, 1.165) is 12.1 Å². The van der Waals surface area contributed by atoms with Crippen molar-refractivity contribution in [3.05, 3.63) is 23.8 Å². The zero-order valence-corrected chi connectivity index (χ0v) is 14.2. The van der Waals surface area contributed by atoms with E-state index in [1.807, 2.05) is 38.1 Å². The third-order valence-corrected chi connectivity index (χ3v) is 3.15. The van der Waals surface area contributed by atoms with Crippen LogP contribution in [0.4, 0.5) is 11.4 Å². The molecule has 2 amide bonds. The van der Waals surface area contributed by atoms with Crippen molar-refractivity contribution in [2.24, 2.45) is 5.92 Å². The number of nitrogens with one attached hydrogen (secondary N) is 2. The van der Waals surface area contributed by atoms with E-state index in [2.05, 4.69) is 24.5 Å². The van der Waals surface area contributed by atoms with Crippen LogP contribution in [-0.2, 0) is 4.79 Å². The van der Waals surface area contributed by atoms with E-state index in [0.29, 0.717) is 30.1 Å². The third-order valence-electron chi connectivity index (χ3n) is 3.15. The van der Waals surface area contributed by atoms with Crippen LogP contribution in [0.5, 0.6) is 0 Å². The molecule has 1 aromatic carbocycles. The fraction of sp³-hybridized carbons (Fsp3) is 0.529. The minimum atomic E-state index is -0.121. The lowest BCUT2D eigenvalue weighted by molar-refractivity contribution is -0.116. The first kappa shape index (κ1) is 18.0. The van der Waals surface area contributed by atoms with Gasteiger partial charge in [0.05, 0.1) is 5.56 Å². The normalized spacial score (nSPS) is 10.5. The molecule has 5 heteroatoms. The van der Waals surface area contributed by atoms with Gasteiger partial charge < -0.3 is 15.5 Å². The van der Waals surface area contributed by atoms with Crippen LogP contribution in [0.3, 0.4) is 0 Å². The van der Waals surface area contributed by atoms with Crippen LogP contribution in [0.15, 0.2) is 18.2 Å². The lowest BCUT2D eigenvalue weighted by Gasteiger charge is -2.19. The molecule has 0 fully saturated rings. The summed E-state index contributed by atoms with van der Waals surface area (Å²) in [5, 5.41) is 5.75. The van der Waals surface area contributed by atoms with Crippen LogP contribution in [-0.4, -0.2) is 32.5 Å². The van der Waals surface area contributed by atoms with Gasteiger partial charge in [-0.15, -0.1) is 0 Å². The number of benzene rings is 1. The highest BCUT2D eigenvalue weighted by Gasteiger charge is 2.14. The van der Waals surface area contributed by atoms with Gasteiger partial charge in [0.1, 0.15) is 0 Å². The van der Waals surface area contributed by atoms with E-state index in [9.17, 15) is 9.59 Å². The molecule has 0 atom stereocenters. The summed E-state index contributed by atoms with van der Waals surface area (Å²) in [6.07, 6.45) is 1.27. The molecule has 2 N–H and O–H groups in total. The SMILES string of the molecule is CCCC(=O)Nc1ccc(N(C)C)c(C(=O)NCC(C)C)c1. The Balaban J connectivity index is 2.99. The summed E-state index contributed by atoms with van der Waals surface area (Å²) in [6.45, 7) is 6.68. The van der Waals surface area contributed by atoms with E-state index in [1.54, 1.807) is 6.07 Å². The van der Waals surface area contributed by atoms with Crippen molar-refractivity contribution < 1.29 is 9.59 Å². The number of amides is 2. The van der Waals surface area contributed by atoms with E-state index in [-0.39, 0.29) is 11.8 Å². The quantitative estimate of drug-likeness (QED) is 0.814. The Morgan fingerprint density at radius 3 is 2.45 bits per heavy atom. The fourth-order valence-electron chi connectivity index (χ4n) is 2.03. The number of hydrogen-bond donors (Lipinski definition) is 2. The highest BCUT2D eigenvalue weighted by molar-refractivity contribution is 6.02. The average molecular weight is 305 g/mol. The summed E-state index contributed by atoms with van der Waals surface area (Å²) in [4.78, 5) is 26.0. The molecular weight excluding hydrogens is 278 g/mol. The predicted molar refractivity (Wildman–Crippen MR) is 91.5 cm³/mol. The van der Waals surface area contributed by atoms with Crippen molar-refractivity contribution in [1.29, 1.82) is 0 Å². The summed E-state index contributed by atoms with van der Waals surface area (Å²) in [5.74, 6) is 0.233. The molecule has 0 radical (unpaired) electrons. The van der Waals surface area contributed by atoms with Crippen LogP contribution in [0, 0.1) is 5.92 Å². The summed E-state index contributed by atoms with van der Waals surface area (Å²) in [7, 11) is 3.79. The first-order chi connectivity index (χ1) is 10.3. The number of carbonyl (C=O) groups is 2. The fourth-order valence-corrected chi connectivity index (χ4v) is 2.03. The molecule has 0 aliphatic rings. The minimum absolute atomic E-state index is 0.0337. The van der Waals surface area contributed by atoms with Crippen LogP contribution in [0.2, 0.25) is 0 Å². The zero-order valence-electron chi connectivity index (χ0n) is 14.2. The van der Waals surface area contributed by atoms with E-state index in [1.165, 1.54) is 0 Å². The first-order valence-electron chi connectivity index (χ1n) is 7.74. The van der Waals surface area contributed by atoms with Gasteiger partial charge in [-0.3, -0.25) is 9.59 Å². The Kier molecular flexibility index (Phi) is 6.89. The topological polar surface area (TPSA) is 61.4 Å². The van der Waals surface area contributed by atoms with E-state index < -0.39 is 0 Å². The van der Waals surface area contributed by atoms with Crippen molar-refractivity contribution in [3.8, 4) is 0 Å². The van der Waals surface area contributed by atoms with Crippen LogP contribution in [0.1, 0.15) is 44.0 Å². The molecule has 0 aliphatic heterocycles. The summed E-state index contributed by atoms with van der Waals surface area (Å²) in [5.41, 5.74) is 2.05. The molecule has 0 unspecified atom stereocenters. The third kappa shape index (κ3) is 5.39. The smallest absolute Gasteiger partial charge is 0.253 e. The van der Waals surface area contributed by atoms with Crippen LogP contribution >= 0.6 is 0 Å². The van der Waals surface area contributed by atoms with Gasteiger partial charge in [0.2, 0.25) is 5.91 Å². The Labute approximate surface area is 133 Å². The Bertz CT molecular complexity index is 525. The summed E-state index contributed by atoms with van der Waals surface area (Å²) in [6, 6.07) is 5.41. The molecule has 5 nitrogen and oxygen atoms in total. The van der Waals surface area contributed by atoms with Gasteiger partial charge in [0, 0.05) is 38.4 Å². The van der Waals surface area contributed by atoms with Crippen molar-refractivity contribution in [2.75, 3.05) is 30.9 Å². The minimum Gasteiger partial charge on any atom is -0.377 e. The molecule has 0 saturated carbocycles. The lowest BCUT2D eigenvalue weighted by atomic mass is 10.1. The number of hydrogen-bond acceptors (Lipinski definition) is 3. The number of nitrogens with zero attached hydrogens (tertiary/aromatic N) is 1. The Hall–Kier alpha value is -2.04. The first-order valence-corrected chi connectivity index (χ1v) is 7.74. The Morgan fingerprint density at radius 1 is 1.23 bits per heavy atom. The predicted octanol–water partition coefficient (Wildman–Crippen LogP) is 2.88. The second-order valence-corrected chi connectivity index (χ2v) is 6.03. The van der Waals surface area contributed by atoms with Gasteiger partial charge in [0.25, 0.3) is 5.91 Å². The molecule has 0 spiro atoms. The molecular formula is C17H27N3O2. The van der Waals surface area contributed by atoms with Crippen molar-refractivity contribution >= 4 is 23.2 Å². The summed E-state index contributed by atoms with van der Waals surface area (Å²) >= 11 is 0. The average Bonchev–Trinajstić information content (AvgIpc) is 2.44. The maximum absolute atomic E-state index is 12.4. The molecule has 0 bridgehead atoms. The molecule has 122 valence electrons. The maximum atomic E-state index is 12.4. The number of anilines is 2. The van der Waals surface area contributed by atoms with Crippen molar-refractivity contribution in [3.63, 3.8) is 0 Å². The number of carbonyl (C=O) groups excluding carboxylic acids is 2. The molecule has 1 rings (SSSR count).